The van der Waals surface area contributed by atoms with Crippen molar-refractivity contribution in [2.24, 2.45) is 0 Å². The summed E-state index contributed by atoms with van der Waals surface area (Å²) in [5.41, 5.74) is 1.90. The molecule has 1 fully saturated rings. The Kier molecular flexibility index (Phi) is 3.09. The molecule has 2 nitrogen and oxygen atoms in total. The van der Waals surface area contributed by atoms with E-state index in [0.29, 0.717) is 0 Å². The predicted octanol–water partition coefficient (Wildman–Crippen LogP) is 2.55. The van der Waals surface area contributed by atoms with E-state index >= 15 is 0 Å². The Balaban J connectivity index is 2.25. The third kappa shape index (κ3) is 2.27. The molecule has 3 heteroatoms. The molecule has 0 radical (unpaired) electrons. The monoisotopic (exact) mass is 232 g/mol. The third-order valence-corrected chi connectivity index (χ3v) is 3.88. The van der Waals surface area contributed by atoms with Crippen molar-refractivity contribution in [3.05, 3.63) is 29.8 Å². The van der Waals surface area contributed by atoms with Crippen molar-refractivity contribution in [3.8, 4) is 0 Å². The summed E-state index contributed by atoms with van der Waals surface area (Å²) in [7, 11) is -0.244. The first-order valence-electron chi connectivity index (χ1n) is 6.30. The van der Waals surface area contributed by atoms with Crippen molar-refractivity contribution < 1.29 is 9.31 Å². The van der Waals surface area contributed by atoms with Gasteiger partial charge in [0.15, 0.2) is 0 Å². The Morgan fingerprint density at radius 2 is 1.65 bits per heavy atom. The molecule has 0 aromatic heterocycles. The average Bonchev–Trinajstić information content (AvgIpc) is 2.48. The molecule has 0 saturated carbocycles. The fraction of sp³-hybridized carbons (Fsp3) is 0.571. The second kappa shape index (κ2) is 4.15. The lowest BCUT2D eigenvalue weighted by molar-refractivity contribution is 0.00578. The van der Waals surface area contributed by atoms with Gasteiger partial charge in [0.05, 0.1) is 11.2 Å². The second-order valence-electron chi connectivity index (χ2n) is 5.69. The average molecular weight is 232 g/mol. The molecule has 17 heavy (non-hydrogen) atoms. The van der Waals surface area contributed by atoms with Gasteiger partial charge in [-0.3, -0.25) is 0 Å². The van der Waals surface area contributed by atoms with Crippen LogP contribution in [0.2, 0.25) is 0 Å². The molecule has 92 valence electrons. The molecule has 1 saturated heterocycles. The van der Waals surface area contributed by atoms with E-state index in [1.165, 1.54) is 5.56 Å². The lowest BCUT2D eigenvalue weighted by Crippen LogP contribution is -2.41. The van der Waals surface area contributed by atoms with Crippen LogP contribution in [-0.2, 0) is 15.7 Å². The van der Waals surface area contributed by atoms with E-state index in [1.807, 2.05) is 0 Å². The number of hydrogen-bond acceptors (Lipinski definition) is 2. The van der Waals surface area contributed by atoms with Gasteiger partial charge in [-0.15, -0.1) is 0 Å². The first-order chi connectivity index (χ1) is 7.86. The Morgan fingerprint density at radius 3 is 2.18 bits per heavy atom. The van der Waals surface area contributed by atoms with E-state index in [9.17, 15) is 0 Å². The zero-order valence-electron chi connectivity index (χ0n) is 11.4. The minimum atomic E-state index is -0.264. The molecular weight excluding hydrogens is 211 g/mol. The molecule has 0 amide bonds. The van der Waals surface area contributed by atoms with Crippen LogP contribution in [0, 0.1) is 0 Å². The highest BCUT2D eigenvalue weighted by molar-refractivity contribution is 6.62. The van der Waals surface area contributed by atoms with Gasteiger partial charge in [0, 0.05) is 0 Å². The zero-order chi connectivity index (χ0) is 12.7. The van der Waals surface area contributed by atoms with Crippen LogP contribution in [-0.4, -0.2) is 18.3 Å². The van der Waals surface area contributed by atoms with Crippen LogP contribution in [0.5, 0.6) is 0 Å². The Morgan fingerprint density at radius 1 is 1.06 bits per heavy atom. The number of hydrogen-bond donors (Lipinski definition) is 0. The van der Waals surface area contributed by atoms with Crippen molar-refractivity contribution >= 4 is 12.6 Å². The molecule has 1 aliphatic heterocycles. The molecule has 2 rings (SSSR count). The van der Waals surface area contributed by atoms with Crippen molar-refractivity contribution in [3.63, 3.8) is 0 Å². The van der Waals surface area contributed by atoms with Gasteiger partial charge in [0.25, 0.3) is 0 Å². The van der Waals surface area contributed by atoms with Gasteiger partial charge in [-0.05, 0) is 45.1 Å². The Bertz CT molecular complexity index is 396. The first kappa shape index (κ1) is 12.7. The zero-order valence-corrected chi connectivity index (χ0v) is 11.4. The van der Waals surface area contributed by atoms with Gasteiger partial charge in [0.1, 0.15) is 0 Å². The van der Waals surface area contributed by atoms with Crippen LogP contribution >= 0.6 is 0 Å². The number of rotatable bonds is 2. The molecule has 0 bridgehead atoms. The highest BCUT2D eigenvalue weighted by atomic mass is 16.7. The molecule has 1 heterocycles. The fourth-order valence-corrected chi connectivity index (χ4v) is 1.94. The molecule has 0 unspecified atom stereocenters. The normalized spacial score (nSPS) is 21.8. The third-order valence-electron chi connectivity index (χ3n) is 3.88. The molecule has 0 atom stereocenters. The standard InChI is InChI=1S/C14H21BO2/c1-6-11-8-7-9-12(10-11)15-16-13(2,3)14(4,5)17-15/h7-10H,6H2,1-5H3. The smallest absolute Gasteiger partial charge is 0.399 e. The van der Waals surface area contributed by atoms with E-state index < -0.39 is 0 Å². The van der Waals surface area contributed by atoms with E-state index in [2.05, 4.69) is 58.9 Å². The van der Waals surface area contributed by atoms with E-state index in [1.54, 1.807) is 0 Å². The minimum Gasteiger partial charge on any atom is -0.399 e. The summed E-state index contributed by atoms with van der Waals surface area (Å²) >= 11 is 0. The van der Waals surface area contributed by atoms with Crippen LogP contribution in [0.3, 0.4) is 0 Å². The summed E-state index contributed by atoms with van der Waals surface area (Å²) in [4.78, 5) is 0. The van der Waals surface area contributed by atoms with E-state index in [-0.39, 0.29) is 18.3 Å². The largest absolute Gasteiger partial charge is 0.494 e. The molecule has 1 aromatic carbocycles. The molecule has 0 aliphatic carbocycles. The van der Waals surface area contributed by atoms with E-state index in [4.69, 9.17) is 9.31 Å². The van der Waals surface area contributed by atoms with Crippen LogP contribution in [0.1, 0.15) is 40.2 Å². The highest BCUT2D eigenvalue weighted by Crippen LogP contribution is 2.36. The maximum absolute atomic E-state index is 6.03. The summed E-state index contributed by atoms with van der Waals surface area (Å²) in [5.74, 6) is 0. The van der Waals surface area contributed by atoms with Crippen LogP contribution in [0.15, 0.2) is 24.3 Å². The minimum absolute atomic E-state index is 0.244. The summed E-state index contributed by atoms with van der Waals surface area (Å²) in [5, 5.41) is 0. The van der Waals surface area contributed by atoms with Gasteiger partial charge in [-0.1, -0.05) is 31.2 Å². The maximum Gasteiger partial charge on any atom is 0.494 e. The molecule has 0 spiro atoms. The van der Waals surface area contributed by atoms with Crippen LogP contribution in [0.4, 0.5) is 0 Å². The fourth-order valence-electron chi connectivity index (χ4n) is 1.94. The van der Waals surface area contributed by atoms with Gasteiger partial charge >= 0.3 is 7.12 Å². The van der Waals surface area contributed by atoms with Gasteiger partial charge in [-0.25, -0.2) is 0 Å². The summed E-state index contributed by atoms with van der Waals surface area (Å²) in [6.45, 7) is 10.5. The lowest BCUT2D eigenvalue weighted by atomic mass is 9.78. The summed E-state index contributed by atoms with van der Waals surface area (Å²) < 4.78 is 12.1. The van der Waals surface area contributed by atoms with Gasteiger partial charge < -0.3 is 9.31 Å². The molecule has 1 aromatic rings. The number of benzene rings is 1. The molecule has 1 aliphatic rings. The quantitative estimate of drug-likeness (QED) is 0.729. The topological polar surface area (TPSA) is 18.5 Å². The van der Waals surface area contributed by atoms with Crippen molar-refractivity contribution in [2.45, 2.75) is 52.2 Å². The van der Waals surface area contributed by atoms with Gasteiger partial charge in [-0.2, -0.15) is 0 Å². The highest BCUT2D eigenvalue weighted by Gasteiger charge is 2.51. The van der Waals surface area contributed by atoms with Crippen molar-refractivity contribution in [1.82, 2.24) is 0 Å². The number of aryl methyl sites for hydroxylation is 1. The predicted molar refractivity (Wildman–Crippen MR) is 71.5 cm³/mol. The van der Waals surface area contributed by atoms with E-state index in [0.717, 1.165) is 11.9 Å². The molecule has 0 N–H and O–H groups in total. The Labute approximate surface area is 104 Å². The summed E-state index contributed by atoms with van der Waals surface area (Å²) in [6, 6.07) is 8.44. The first-order valence-corrected chi connectivity index (χ1v) is 6.30. The maximum atomic E-state index is 6.03. The van der Waals surface area contributed by atoms with Crippen molar-refractivity contribution in [1.29, 1.82) is 0 Å². The molecular formula is C14H21BO2. The SMILES string of the molecule is CCc1cccc(B2OC(C)(C)C(C)(C)O2)c1. The van der Waals surface area contributed by atoms with Crippen LogP contribution in [0.25, 0.3) is 0 Å². The second-order valence-corrected chi connectivity index (χ2v) is 5.69. The lowest BCUT2D eigenvalue weighted by Gasteiger charge is -2.32. The van der Waals surface area contributed by atoms with Crippen molar-refractivity contribution in [2.75, 3.05) is 0 Å². The summed E-state index contributed by atoms with van der Waals surface area (Å²) in [6.07, 6.45) is 1.04. The van der Waals surface area contributed by atoms with Gasteiger partial charge in [0.2, 0.25) is 0 Å². The van der Waals surface area contributed by atoms with Crippen LogP contribution < -0.4 is 5.46 Å². The Hall–Kier alpha value is -0.795.